The number of phenolic OH excluding ortho intramolecular Hbond substituents is 1. The predicted octanol–water partition coefficient (Wildman–Crippen LogP) is 6.23. The lowest BCUT2D eigenvalue weighted by Crippen LogP contribution is -2.28. The number of carbonyl (C=O) groups excluding carboxylic acids is 1. The molecule has 172 valence electrons. The maximum absolute atomic E-state index is 13.4. The van der Waals surface area contributed by atoms with Crippen LogP contribution in [0.1, 0.15) is 30.5 Å². The fourth-order valence-electron chi connectivity index (χ4n) is 3.50. The van der Waals surface area contributed by atoms with Crippen molar-refractivity contribution in [2.45, 2.75) is 26.7 Å². The van der Waals surface area contributed by atoms with Gasteiger partial charge in [-0.05, 0) is 77.7 Å². The van der Waals surface area contributed by atoms with Gasteiger partial charge in [0.25, 0.3) is 5.91 Å². The zero-order valence-corrected chi connectivity index (χ0v) is 19.6. The topological polar surface area (TPSA) is 96.0 Å². The maximum atomic E-state index is 13.4. The van der Waals surface area contributed by atoms with Gasteiger partial charge in [-0.3, -0.25) is 19.8 Å². The SMILES string of the molecule is CCc1ccc(N=C2S/C(=C\c3ccc(O)c([N+](=O)[O-])c3)C(=O)N2c2ccc(CC)cc2)cc1. The quantitative estimate of drug-likeness (QED) is 0.260. The minimum atomic E-state index is -0.657. The number of rotatable bonds is 6. The van der Waals surface area contributed by atoms with Gasteiger partial charge in [0, 0.05) is 6.07 Å². The maximum Gasteiger partial charge on any atom is 0.311 e. The lowest BCUT2D eigenvalue weighted by Gasteiger charge is -2.16. The summed E-state index contributed by atoms with van der Waals surface area (Å²) in [4.78, 5) is 30.6. The molecular formula is C26H23N3O4S. The highest BCUT2D eigenvalue weighted by Crippen LogP contribution is 2.38. The van der Waals surface area contributed by atoms with Crippen LogP contribution in [0.25, 0.3) is 6.08 Å². The predicted molar refractivity (Wildman–Crippen MR) is 137 cm³/mol. The first-order chi connectivity index (χ1) is 16.4. The molecule has 8 heteroatoms. The monoisotopic (exact) mass is 473 g/mol. The van der Waals surface area contributed by atoms with Crippen LogP contribution in [0.15, 0.2) is 76.6 Å². The van der Waals surface area contributed by atoms with E-state index in [4.69, 9.17) is 4.99 Å². The Bertz CT molecular complexity index is 1300. The van der Waals surface area contributed by atoms with Gasteiger partial charge >= 0.3 is 5.69 Å². The molecule has 1 heterocycles. The van der Waals surface area contributed by atoms with Crippen molar-refractivity contribution in [3.8, 4) is 5.75 Å². The van der Waals surface area contributed by atoms with E-state index in [0.717, 1.165) is 24.1 Å². The number of phenols is 1. The zero-order chi connectivity index (χ0) is 24.2. The fraction of sp³-hybridized carbons (Fsp3) is 0.154. The van der Waals surface area contributed by atoms with Crippen LogP contribution in [0, 0.1) is 10.1 Å². The van der Waals surface area contributed by atoms with Gasteiger partial charge in [0.05, 0.1) is 21.2 Å². The van der Waals surface area contributed by atoms with Gasteiger partial charge in [-0.15, -0.1) is 0 Å². The van der Waals surface area contributed by atoms with E-state index in [1.807, 2.05) is 48.5 Å². The Morgan fingerprint density at radius 1 is 1.00 bits per heavy atom. The Hall–Kier alpha value is -3.91. The molecule has 4 rings (SSSR count). The molecule has 1 fully saturated rings. The number of aromatic hydroxyl groups is 1. The minimum Gasteiger partial charge on any atom is -0.502 e. The molecule has 1 saturated heterocycles. The van der Waals surface area contributed by atoms with Crippen LogP contribution in [0.5, 0.6) is 5.75 Å². The van der Waals surface area contributed by atoms with Gasteiger partial charge in [-0.2, -0.15) is 0 Å². The molecule has 0 bridgehead atoms. The summed E-state index contributed by atoms with van der Waals surface area (Å²) in [6, 6.07) is 19.6. The van der Waals surface area contributed by atoms with E-state index in [9.17, 15) is 20.0 Å². The van der Waals surface area contributed by atoms with Gasteiger partial charge in [0.2, 0.25) is 0 Å². The second-order valence-electron chi connectivity index (χ2n) is 7.69. The van der Waals surface area contributed by atoms with Crippen LogP contribution < -0.4 is 4.90 Å². The Labute approximate surface area is 201 Å². The third kappa shape index (κ3) is 4.87. The van der Waals surface area contributed by atoms with E-state index in [-0.39, 0.29) is 5.91 Å². The number of aryl methyl sites for hydroxylation is 2. The van der Waals surface area contributed by atoms with E-state index in [0.29, 0.717) is 21.3 Å². The zero-order valence-electron chi connectivity index (χ0n) is 18.8. The molecule has 1 aliphatic rings. The number of aliphatic imine (C=N–C) groups is 1. The number of nitro groups is 1. The first-order valence-electron chi connectivity index (χ1n) is 10.9. The van der Waals surface area contributed by atoms with Crippen molar-refractivity contribution < 1.29 is 14.8 Å². The van der Waals surface area contributed by atoms with E-state index in [1.54, 1.807) is 11.0 Å². The van der Waals surface area contributed by atoms with Crippen molar-refractivity contribution in [2.24, 2.45) is 4.99 Å². The number of nitro benzene ring substituents is 1. The largest absolute Gasteiger partial charge is 0.502 e. The summed E-state index contributed by atoms with van der Waals surface area (Å²) in [6.07, 6.45) is 3.39. The van der Waals surface area contributed by atoms with Crippen LogP contribution in [-0.4, -0.2) is 21.1 Å². The Morgan fingerprint density at radius 2 is 1.62 bits per heavy atom. The lowest BCUT2D eigenvalue weighted by molar-refractivity contribution is -0.385. The molecule has 0 spiro atoms. The first kappa shape index (κ1) is 23.3. The highest BCUT2D eigenvalue weighted by molar-refractivity contribution is 8.19. The molecule has 7 nitrogen and oxygen atoms in total. The molecule has 3 aromatic carbocycles. The molecule has 34 heavy (non-hydrogen) atoms. The van der Waals surface area contributed by atoms with Crippen molar-refractivity contribution in [1.29, 1.82) is 0 Å². The molecule has 0 atom stereocenters. The van der Waals surface area contributed by atoms with E-state index < -0.39 is 16.4 Å². The Morgan fingerprint density at radius 3 is 2.21 bits per heavy atom. The second-order valence-corrected chi connectivity index (χ2v) is 8.70. The van der Waals surface area contributed by atoms with E-state index in [1.165, 1.54) is 35.5 Å². The lowest BCUT2D eigenvalue weighted by atomic mass is 10.1. The minimum absolute atomic E-state index is 0.270. The molecule has 1 amide bonds. The number of thioether (sulfide) groups is 1. The van der Waals surface area contributed by atoms with E-state index >= 15 is 0 Å². The van der Waals surface area contributed by atoms with Crippen molar-refractivity contribution in [3.05, 3.63) is 98.4 Å². The second kappa shape index (κ2) is 9.93. The van der Waals surface area contributed by atoms with E-state index in [2.05, 4.69) is 13.8 Å². The molecule has 0 saturated carbocycles. The van der Waals surface area contributed by atoms with Crippen molar-refractivity contribution in [2.75, 3.05) is 4.90 Å². The van der Waals surface area contributed by atoms with Gasteiger partial charge in [0.1, 0.15) is 0 Å². The number of hydrogen-bond donors (Lipinski definition) is 1. The Balaban J connectivity index is 1.76. The van der Waals surface area contributed by atoms with Crippen molar-refractivity contribution in [3.63, 3.8) is 0 Å². The smallest absolute Gasteiger partial charge is 0.311 e. The van der Waals surface area contributed by atoms with Crippen LogP contribution in [-0.2, 0) is 17.6 Å². The van der Waals surface area contributed by atoms with Gasteiger partial charge in [-0.25, -0.2) is 4.99 Å². The Kier molecular flexibility index (Phi) is 6.79. The summed E-state index contributed by atoms with van der Waals surface area (Å²) in [6.45, 7) is 4.15. The summed E-state index contributed by atoms with van der Waals surface area (Å²) in [7, 11) is 0. The molecule has 3 aromatic rings. The number of carbonyl (C=O) groups is 1. The number of hydrogen-bond acceptors (Lipinski definition) is 6. The van der Waals surface area contributed by atoms with Crippen LogP contribution in [0.3, 0.4) is 0 Å². The van der Waals surface area contributed by atoms with Crippen LogP contribution in [0.4, 0.5) is 17.1 Å². The average molecular weight is 474 g/mol. The highest BCUT2D eigenvalue weighted by Gasteiger charge is 2.35. The first-order valence-corrected chi connectivity index (χ1v) is 11.7. The third-order valence-electron chi connectivity index (χ3n) is 5.47. The number of benzene rings is 3. The number of anilines is 1. The third-order valence-corrected chi connectivity index (χ3v) is 6.44. The molecule has 0 radical (unpaired) electrons. The van der Waals surface area contributed by atoms with Crippen LogP contribution in [0.2, 0.25) is 0 Å². The van der Waals surface area contributed by atoms with Gasteiger partial charge in [-0.1, -0.05) is 44.2 Å². The number of amides is 1. The van der Waals surface area contributed by atoms with Crippen molar-refractivity contribution in [1.82, 2.24) is 0 Å². The molecule has 0 aliphatic carbocycles. The summed E-state index contributed by atoms with van der Waals surface area (Å²) < 4.78 is 0. The molecular weight excluding hydrogens is 450 g/mol. The number of amidine groups is 1. The standard InChI is InChI=1S/C26H23N3O4S/c1-3-17-5-10-20(11-6-17)27-26-28(21-12-7-18(4-2)8-13-21)25(31)24(34-26)16-19-9-14-23(30)22(15-19)29(32)33/h5-16,30H,3-4H2,1-2H3/b24-16-,27-26?. The average Bonchev–Trinajstić information content (AvgIpc) is 3.14. The van der Waals surface area contributed by atoms with Crippen molar-refractivity contribution >= 4 is 46.0 Å². The summed E-state index contributed by atoms with van der Waals surface area (Å²) in [5.74, 6) is -0.693. The van der Waals surface area contributed by atoms with Gasteiger partial charge < -0.3 is 5.11 Å². The molecule has 0 unspecified atom stereocenters. The fourth-order valence-corrected chi connectivity index (χ4v) is 4.50. The summed E-state index contributed by atoms with van der Waals surface area (Å²) >= 11 is 1.20. The molecule has 1 N–H and O–H groups in total. The summed E-state index contributed by atoms with van der Waals surface area (Å²) in [5, 5.41) is 21.4. The normalized spacial score (nSPS) is 15.9. The number of nitrogens with zero attached hydrogens (tertiary/aromatic N) is 3. The highest BCUT2D eigenvalue weighted by atomic mass is 32.2. The summed E-state index contributed by atoms with van der Waals surface area (Å²) in [5.41, 5.74) is 3.80. The molecule has 0 aromatic heterocycles. The van der Waals surface area contributed by atoms with Gasteiger partial charge in [0.15, 0.2) is 10.9 Å². The molecule has 1 aliphatic heterocycles. The van der Waals surface area contributed by atoms with Crippen LogP contribution >= 0.6 is 11.8 Å².